The fourth-order valence-corrected chi connectivity index (χ4v) is 4.03. The van der Waals surface area contributed by atoms with Crippen molar-refractivity contribution in [2.75, 3.05) is 14.2 Å². The molecule has 150 valence electrons. The van der Waals surface area contributed by atoms with Gasteiger partial charge in [-0.25, -0.2) is 13.1 Å². The number of hydrogen-bond acceptors (Lipinski definition) is 5. The molecule has 1 aliphatic heterocycles. The largest absolute Gasteiger partial charge is 0.497 e. The summed E-state index contributed by atoms with van der Waals surface area (Å²) in [6.45, 7) is 3.92. The Morgan fingerprint density at radius 1 is 1.21 bits per heavy atom. The van der Waals surface area contributed by atoms with Crippen LogP contribution in [0.15, 0.2) is 47.4 Å². The zero-order valence-electron chi connectivity index (χ0n) is 16.3. The Labute approximate surface area is 165 Å². The molecule has 3 rings (SSSR count). The molecule has 1 aliphatic rings. The van der Waals surface area contributed by atoms with E-state index in [4.69, 9.17) is 9.47 Å². The lowest BCUT2D eigenvalue weighted by molar-refractivity contribution is 0.0618. The van der Waals surface area contributed by atoms with Crippen molar-refractivity contribution in [2.24, 2.45) is 0 Å². The normalized spacial score (nSPS) is 17.9. The smallest absolute Gasteiger partial charge is 0.251 e. The summed E-state index contributed by atoms with van der Waals surface area (Å²) in [5.74, 6) is 1.00. The van der Waals surface area contributed by atoms with Crippen LogP contribution < -0.4 is 19.5 Å². The highest BCUT2D eigenvalue weighted by Gasteiger charge is 2.35. The Bertz CT molecular complexity index is 1000. The van der Waals surface area contributed by atoms with Crippen LogP contribution in [0.1, 0.15) is 42.2 Å². The van der Waals surface area contributed by atoms with Gasteiger partial charge in [0, 0.05) is 17.5 Å². The van der Waals surface area contributed by atoms with E-state index >= 15 is 0 Å². The minimum Gasteiger partial charge on any atom is -0.497 e. The summed E-state index contributed by atoms with van der Waals surface area (Å²) in [4.78, 5) is 12.9. The Hall–Kier alpha value is -2.58. The van der Waals surface area contributed by atoms with Crippen molar-refractivity contribution in [3.63, 3.8) is 0 Å². The fourth-order valence-electron chi connectivity index (χ4n) is 3.25. The summed E-state index contributed by atoms with van der Waals surface area (Å²) in [7, 11) is -0.720. The third-order valence-electron chi connectivity index (χ3n) is 4.65. The fraction of sp³-hybridized carbons (Fsp3) is 0.350. The van der Waals surface area contributed by atoms with Crippen molar-refractivity contribution in [1.82, 2.24) is 10.0 Å². The van der Waals surface area contributed by atoms with Gasteiger partial charge in [-0.1, -0.05) is 6.07 Å². The zero-order chi connectivity index (χ0) is 20.5. The van der Waals surface area contributed by atoms with Crippen LogP contribution in [-0.4, -0.2) is 34.1 Å². The van der Waals surface area contributed by atoms with Gasteiger partial charge in [-0.15, -0.1) is 0 Å². The van der Waals surface area contributed by atoms with Gasteiger partial charge < -0.3 is 14.8 Å². The summed E-state index contributed by atoms with van der Waals surface area (Å²) in [5, 5.41) is 3.01. The number of carbonyl (C=O) groups excluding carboxylic acids is 1. The van der Waals surface area contributed by atoms with Gasteiger partial charge in [-0.2, -0.15) is 0 Å². The van der Waals surface area contributed by atoms with Crippen LogP contribution >= 0.6 is 0 Å². The Morgan fingerprint density at radius 3 is 2.64 bits per heavy atom. The maximum Gasteiger partial charge on any atom is 0.251 e. The molecule has 1 heterocycles. The molecule has 2 aromatic carbocycles. The third kappa shape index (κ3) is 4.13. The number of hydrogen-bond donors (Lipinski definition) is 2. The summed E-state index contributed by atoms with van der Waals surface area (Å²) in [6.07, 6.45) is 0.563. The zero-order valence-corrected chi connectivity index (χ0v) is 17.1. The first-order chi connectivity index (χ1) is 13.1. The number of rotatable bonds is 5. The number of ether oxygens (including phenoxy) is 2. The highest BCUT2D eigenvalue weighted by atomic mass is 32.2. The van der Waals surface area contributed by atoms with Crippen LogP contribution in [0, 0.1) is 0 Å². The Kier molecular flexibility index (Phi) is 5.36. The van der Waals surface area contributed by atoms with Gasteiger partial charge in [0.25, 0.3) is 5.91 Å². The predicted molar refractivity (Wildman–Crippen MR) is 105 cm³/mol. The van der Waals surface area contributed by atoms with Crippen molar-refractivity contribution in [3.05, 3.63) is 53.6 Å². The van der Waals surface area contributed by atoms with Crippen LogP contribution in [0.2, 0.25) is 0 Å². The van der Waals surface area contributed by atoms with Gasteiger partial charge in [0.2, 0.25) is 10.0 Å². The standard InChI is InChI=1S/C20H24N2O5S/c1-20(2)12-17(16-11-14(26-4)8-9-18(16)27-20)22-19(23)13-6-5-7-15(10-13)28(24,25)21-3/h5-11,17,21H,12H2,1-4H3,(H,22,23). The van der Waals surface area contributed by atoms with Crippen molar-refractivity contribution in [1.29, 1.82) is 0 Å². The van der Waals surface area contributed by atoms with Crippen LogP contribution in [0.3, 0.4) is 0 Å². The van der Waals surface area contributed by atoms with Gasteiger partial charge in [0.1, 0.15) is 17.1 Å². The summed E-state index contributed by atoms with van der Waals surface area (Å²) in [6, 6.07) is 11.1. The first-order valence-corrected chi connectivity index (χ1v) is 10.3. The van der Waals surface area contributed by atoms with Crippen molar-refractivity contribution in [2.45, 2.75) is 36.8 Å². The third-order valence-corrected chi connectivity index (χ3v) is 6.07. The highest BCUT2D eigenvalue weighted by molar-refractivity contribution is 7.89. The van der Waals surface area contributed by atoms with E-state index in [1.807, 2.05) is 32.0 Å². The van der Waals surface area contributed by atoms with E-state index in [-0.39, 0.29) is 22.4 Å². The predicted octanol–water partition coefficient (Wildman–Crippen LogP) is 2.64. The van der Waals surface area contributed by atoms with E-state index in [9.17, 15) is 13.2 Å². The van der Waals surface area contributed by atoms with Crippen molar-refractivity contribution >= 4 is 15.9 Å². The number of carbonyl (C=O) groups is 1. The van der Waals surface area contributed by atoms with Crippen LogP contribution in [0.4, 0.5) is 0 Å². The molecule has 0 radical (unpaired) electrons. The molecule has 2 aromatic rings. The highest BCUT2D eigenvalue weighted by Crippen LogP contribution is 2.41. The topological polar surface area (TPSA) is 93.7 Å². The second-order valence-corrected chi connectivity index (χ2v) is 9.12. The van der Waals surface area contributed by atoms with Crippen molar-refractivity contribution in [3.8, 4) is 11.5 Å². The van der Waals surface area contributed by atoms with Gasteiger partial charge in [0.15, 0.2) is 0 Å². The molecule has 8 heteroatoms. The minimum absolute atomic E-state index is 0.0389. The van der Waals surface area contributed by atoms with Crippen LogP contribution in [0.25, 0.3) is 0 Å². The monoisotopic (exact) mass is 404 g/mol. The van der Waals surface area contributed by atoms with Gasteiger partial charge >= 0.3 is 0 Å². The maximum absolute atomic E-state index is 12.9. The molecule has 0 aliphatic carbocycles. The van der Waals surface area contributed by atoms with Gasteiger partial charge in [-0.3, -0.25) is 4.79 Å². The number of sulfonamides is 1. The molecule has 7 nitrogen and oxygen atoms in total. The SMILES string of the molecule is CNS(=O)(=O)c1cccc(C(=O)NC2CC(C)(C)Oc3ccc(OC)cc32)c1. The molecule has 1 atom stereocenters. The molecule has 1 unspecified atom stereocenters. The molecule has 2 N–H and O–H groups in total. The van der Waals surface area contributed by atoms with E-state index in [1.165, 1.54) is 19.2 Å². The number of amides is 1. The average molecular weight is 404 g/mol. The van der Waals surface area contributed by atoms with E-state index in [1.54, 1.807) is 19.2 Å². The van der Waals surface area contributed by atoms with Gasteiger partial charge in [-0.05, 0) is 57.3 Å². The van der Waals surface area contributed by atoms with Gasteiger partial charge in [0.05, 0.1) is 18.0 Å². The Morgan fingerprint density at radius 2 is 1.96 bits per heavy atom. The molecule has 0 spiro atoms. The molecule has 0 saturated carbocycles. The number of methoxy groups -OCH3 is 1. The quantitative estimate of drug-likeness (QED) is 0.799. The first-order valence-electron chi connectivity index (χ1n) is 8.86. The first kappa shape index (κ1) is 20.2. The second-order valence-electron chi connectivity index (χ2n) is 7.23. The summed E-state index contributed by atoms with van der Waals surface area (Å²) in [5.41, 5.74) is 0.632. The molecule has 0 fully saturated rings. The molecule has 0 aromatic heterocycles. The average Bonchev–Trinajstić information content (AvgIpc) is 2.67. The molecule has 0 bridgehead atoms. The molecule has 0 saturated heterocycles. The lowest BCUT2D eigenvalue weighted by Crippen LogP contribution is -2.41. The summed E-state index contributed by atoms with van der Waals surface area (Å²) < 4.78 is 37.6. The maximum atomic E-state index is 12.9. The van der Waals surface area contributed by atoms with Crippen molar-refractivity contribution < 1.29 is 22.7 Å². The molecular formula is C20H24N2O5S. The molecule has 28 heavy (non-hydrogen) atoms. The second kappa shape index (κ2) is 7.44. The number of nitrogens with one attached hydrogen (secondary N) is 2. The van der Waals surface area contributed by atoms with E-state index in [0.29, 0.717) is 17.9 Å². The van der Waals surface area contributed by atoms with Crippen LogP contribution in [0.5, 0.6) is 11.5 Å². The van der Waals surface area contributed by atoms with E-state index in [0.717, 1.165) is 5.56 Å². The number of fused-ring (bicyclic) bond motifs is 1. The molecule has 1 amide bonds. The van der Waals surface area contributed by atoms with Crippen LogP contribution in [-0.2, 0) is 10.0 Å². The molecular weight excluding hydrogens is 380 g/mol. The van der Waals surface area contributed by atoms with E-state index in [2.05, 4.69) is 10.0 Å². The summed E-state index contributed by atoms with van der Waals surface area (Å²) >= 11 is 0. The minimum atomic E-state index is -3.63. The number of benzene rings is 2. The lowest BCUT2D eigenvalue weighted by atomic mass is 9.89. The Balaban J connectivity index is 1.91. The lowest BCUT2D eigenvalue weighted by Gasteiger charge is -2.38. The van der Waals surface area contributed by atoms with E-state index < -0.39 is 15.6 Å².